The molecule has 0 bridgehead atoms. The van der Waals surface area contributed by atoms with Crippen LogP contribution in [-0.2, 0) is 4.79 Å². The number of hydrogen-bond acceptors (Lipinski definition) is 3. The monoisotopic (exact) mass is 326 g/mol. The van der Waals surface area contributed by atoms with E-state index in [0.717, 1.165) is 12.5 Å². The molecule has 1 aliphatic heterocycles. The van der Waals surface area contributed by atoms with Gasteiger partial charge in [-0.25, -0.2) is 8.78 Å². The van der Waals surface area contributed by atoms with E-state index in [1.54, 1.807) is 0 Å². The number of hydrogen-bond donors (Lipinski definition) is 1. The van der Waals surface area contributed by atoms with E-state index in [4.69, 9.17) is 0 Å². The summed E-state index contributed by atoms with van der Waals surface area (Å²) in [5.41, 5.74) is 0.507. The molecule has 2 atom stereocenters. The summed E-state index contributed by atoms with van der Waals surface area (Å²) in [5, 5.41) is 9.25. The minimum atomic E-state index is -0.794. The molecule has 1 aromatic carbocycles. The molecule has 128 valence electrons. The fraction of sp³-hybridized carbons (Fsp3) is 0.588. The highest BCUT2D eigenvalue weighted by Gasteiger charge is 2.30. The average Bonchev–Trinajstić information content (AvgIpc) is 2.52. The summed E-state index contributed by atoms with van der Waals surface area (Å²) in [7, 11) is 0. The van der Waals surface area contributed by atoms with Crippen LogP contribution in [0.4, 0.5) is 8.78 Å². The van der Waals surface area contributed by atoms with Crippen molar-refractivity contribution in [2.24, 2.45) is 0 Å². The largest absolute Gasteiger partial charge is 0.480 e. The molecule has 1 N–H and O–H groups in total. The maximum atomic E-state index is 14.1. The van der Waals surface area contributed by atoms with E-state index in [9.17, 15) is 18.7 Å². The van der Waals surface area contributed by atoms with Gasteiger partial charge in [-0.05, 0) is 18.9 Å². The number of piperazine rings is 1. The molecular weight excluding hydrogens is 302 g/mol. The van der Waals surface area contributed by atoms with Crippen molar-refractivity contribution in [3.05, 3.63) is 35.4 Å². The topological polar surface area (TPSA) is 43.8 Å². The highest BCUT2D eigenvalue weighted by Crippen LogP contribution is 2.28. The van der Waals surface area contributed by atoms with Gasteiger partial charge in [-0.1, -0.05) is 19.9 Å². The molecule has 6 heteroatoms. The predicted octanol–water partition coefficient (Wildman–Crippen LogP) is 2.90. The zero-order valence-corrected chi connectivity index (χ0v) is 13.6. The second-order valence-electron chi connectivity index (χ2n) is 5.92. The zero-order chi connectivity index (χ0) is 17.0. The average molecular weight is 326 g/mol. The van der Waals surface area contributed by atoms with Crippen LogP contribution in [0.1, 0.15) is 38.3 Å². The number of halogens is 2. The van der Waals surface area contributed by atoms with E-state index in [1.165, 1.54) is 12.1 Å². The minimum Gasteiger partial charge on any atom is -0.480 e. The molecule has 0 saturated carbocycles. The lowest BCUT2D eigenvalue weighted by Gasteiger charge is -2.41. The number of carbonyl (C=O) groups is 1. The van der Waals surface area contributed by atoms with Crippen molar-refractivity contribution in [3.8, 4) is 0 Å². The number of nitrogens with zero attached hydrogens (tertiary/aromatic N) is 2. The van der Waals surface area contributed by atoms with Crippen LogP contribution >= 0.6 is 0 Å². The number of aliphatic carboxylic acids is 1. The SMILES string of the molecule is CC[C@@H](C(=O)O)N1CCN([C@@H](CC)c2ccc(F)cc2F)CC1. The Morgan fingerprint density at radius 1 is 1.13 bits per heavy atom. The van der Waals surface area contributed by atoms with Crippen molar-refractivity contribution in [1.82, 2.24) is 9.80 Å². The summed E-state index contributed by atoms with van der Waals surface area (Å²) < 4.78 is 27.1. The molecule has 0 aromatic heterocycles. The minimum absolute atomic E-state index is 0.109. The lowest BCUT2D eigenvalue weighted by molar-refractivity contribution is -0.144. The Morgan fingerprint density at radius 2 is 1.74 bits per heavy atom. The molecule has 1 saturated heterocycles. The van der Waals surface area contributed by atoms with E-state index >= 15 is 0 Å². The molecular formula is C17H24F2N2O2. The van der Waals surface area contributed by atoms with Crippen molar-refractivity contribution < 1.29 is 18.7 Å². The van der Waals surface area contributed by atoms with Gasteiger partial charge in [-0.15, -0.1) is 0 Å². The normalized spacial score (nSPS) is 19.5. The molecule has 0 aliphatic carbocycles. The van der Waals surface area contributed by atoms with Crippen LogP contribution in [0.25, 0.3) is 0 Å². The van der Waals surface area contributed by atoms with Crippen LogP contribution in [0, 0.1) is 11.6 Å². The molecule has 4 nitrogen and oxygen atoms in total. The molecule has 1 aliphatic rings. The van der Waals surface area contributed by atoms with Gasteiger partial charge in [-0.3, -0.25) is 14.6 Å². The molecule has 0 amide bonds. The van der Waals surface area contributed by atoms with E-state index in [2.05, 4.69) is 4.90 Å². The Morgan fingerprint density at radius 3 is 2.22 bits per heavy atom. The Balaban J connectivity index is 2.06. The van der Waals surface area contributed by atoms with Crippen LogP contribution in [0.5, 0.6) is 0 Å². The van der Waals surface area contributed by atoms with Crippen LogP contribution in [-0.4, -0.2) is 53.1 Å². The van der Waals surface area contributed by atoms with Crippen molar-refractivity contribution in [2.45, 2.75) is 38.8 Å². The van der Waals surface area contributed by atoms with Gasteiger partial charge in [0.1, 0.15) is 17.7 Å². The van der Waals surface area contributed by atoms with Crippen molar-refractivity contribution in [1.29, 1.82) is 0 Å². The van der Waals surface area contributed by atoms with Gasteiger partial charge < -0.3 is 5.11 Å². The lowest BCUT2D eigenvalue weighted by Crippen LogP contribution is -2.53. The molecule has 0 spiro atoms. The molecule has 1 heterocycles. The van der Waals surface area contributed by atoms with Crippen molar-refractivity contribution in [2.75, 3.05) is 26.2 Å². The third-order valence-electron chi connectivity index (χ3n) is 4.61. The van der Waals surface area contributed by atoms with Crippen LogP contribution in [0.3, 0.4) is 0 Å². The van der Waals surface area contributed by atoms with Crippen LogP contribution < -0.4 is 0 Å². The van der Waals surface area contributed by atoms with Gasteiger partial charge in [0.15, 0.2) is 0 Å². The van der Waals surface area contributed by atoms with E-state index in [0.29, 0.717) is 38.2 Å². The number of carboxylic acids is 1. The first kappa shape index (κ1) is 17.8. The Bertz CT molecular complexity index is 545. The summed E-state index contributed by atoms with van der Waals surface area (Å²) >= 11 is 0. The maximum absolute atomic E-state index is 14.1. The van der Waals surface area contributed by atoms with Crippen molar-refractivity contribution >= 4 is 5.97 Å². The highest BCUT2D eigenvalue weighted by atomic mass is 19.1. The van der Waals surface area contributed by atoms with Gasteiger partial charge in [0.25, 0.3) is 0 Å². The van der Waals surface area contributed by atoms with Gasteiger partial charge in [0, 0.05) is 43.9 Å². The van der Waals surface area contributed by atoms with Gasteiger partial charge >= 0.3 is 5.97 Å². The fourth-order valence-electron chi connectivity index (χ4n) is 3.40. The molecule has 0 radical (unpaired) electrons. The standard InChI is InChI=1S/C17H24F2N2O2/c1-3-15(13-6-5-12(18)11-14(13)19)20-7-9-21(10-8-20)16(4-2)17(22)23/h5-6,11,15-16H,3-4,7-10H2,1-2H3,(H,22,23)/t15-,16-/m0/s1. The van der Waals surface area contributed by atoms with Gasteiger partial charge in [0.05, 0.1) is 0 Å². The van der Waals surface area contributed by atoms with Gasteiger partial charge in [-0.2, -0.15) is 0 Å². The Hall–Kier alpha value is -1.53. The highest BCUT2D eigenvalue weighted by molar-refractivity contribution is 5.73. The smallest absolute Gasteiger partial charge is 0.320 e. The van der Waals surface area contributed by atoms with Gasteiger partial charge in [0.2, 0.25) is 0 Å². The first-order valence-corrected chi connectivity index (χ1v) is 8.13. The Labute approximate surface area is 135 Å². The fourth-order valence-corrected chi connectivity index (χ4v) is 3.40. The number of rotatable bonds is 6. The first-order chi connectivity index (χ1) is 11.0. The second-order valence-corrected chi connectivity index (χ2v) is 5.92. The zero-order valence-electron chi connectivity index (χ0n) is 13.6. The molecule has 1 fully saturated rings. The summed E-state index contributed by atoms with van der Waals surface area (Å²) in [6.07, 6.45) is 1.29. The summed E-state index contributed by atoms with van der Waals surface area (Å²) in [6.45, 7) is 6.49. The number of benzene rings is 1. The molecule has 0 unspecified atom stereocenters. The maximum Gasteiger partial charge on any atom is 0.320 e. The Kier molecular flexibility index (Phi) is 6.07. The number of carboxylic acid groups (broad SMARTS) is 1. The molecule has 1 aromatic rings. The van der Waals surface area contributed by atoms with E-state index in [1.807, 2.05) is 18.7 Å². The van der Waals surface area contributed by atoms with Crippen LogP contribution in [0.2, 0.25) is 0 Å². The third kappa shape index (κ3) is 4.06. The second kappa shape index (κ2) is 7.84. The van der Waals surface area contributed by atoms with E-state index in [-0.39, 0.29) is 6.04 Å². The van der Waals surface area contributed by atoms with Crippen LogP contribution in [0.15, 0.2) is 18.2 Å². The third-order valence-corrected chi connectivity index (χ3v) is 4.61. The van der Waals surface area contributed by atoms with Crippen molar-refractivity contribution in [3.63, 3.8) is 0 Å². The molecule has 2 rings (SSSR count). The quantitative estimate of drug-likeness (QED) is 0.873. The first-order valence-electron chi connectivity index (χ1n) is 8.13. The summed E-state index contributed by atoms with van der Waals surface area (Å²) in [5.74, 6) is -1.88. The summed E-state index contributed by atoms with van der Waals surface area (Å²) in [6, 6.07) is 3.15. The predicted molar refractivity (Wildman–Crippen MR) is 84.3 cm³/mol. The summed E-state index contributed by atoms with van der Waals surface area (Å²) in [4.78, 5) is 15.4. The lowest BCUT2D eigenvalue weighted by atomic mass is 10.0. The van der Waals surface area contributed by atoms with E-state index < -0.39 is 23.6 Å². The molecule has 23 heavy (non-hydrogen) atoms.